The highest BCUT2D eigenvalue weighted by Gasteiger charge is 2.25. The number of H-pyrrole nitrogens is 1. The molecule has 0 saturated carbocycles. The van der Waals surface area contributed by atoms with Gasteiger partial charge in [-0.15, -0.1) is 0 Å². The van der Waals surface area contributed by atoms with E-state index in [1.54, 1.807) is 17.1 Å². The molecule has 27 heavy (non-hydrogen) atoms. The summed E-state index contributed by atoms with van der Waals surface area (Å²) in [5, 5.41) is 7.35. The summed E-state index contributed by atoms with van der Waals surface area (Å²) < 4.78 is 1.80. The van der Waals surface area contributed by atoms with E-state index in [2.05, 4.69) is 46.4 Å². The fraction of sp³-hybridized carbons (Fsp3) is 0.350. The SMILES string of the molecule is Cc1ccc(-n2cc(NC(=O)N3CCC(c4ncc[nH]4)CC3)cn2)c(C)c1. The molecule has 1 aliphatic rings. The van der Waals surface area contributed by atoms with Crippen LogP contribution >= 0.6 is 0 Å². The Balaban J connectivity index is 1.37. The van der Waals surface area contributed by atoms with Crippen LogP contribution in [-0.2, 0) is 0 Å². The number of imidazole rings is 1. The Morgan fingerprint density at radius 2 is 2.07 bits per heavy atom. The number of carbonyl (C=O) groups is 1. The molecular weight excluding hydrogens is 340 g/mol. The minimum Gasteiger partial charge on any atom is -0.348 e. The molecule has 1 aliphatic heterocycles. The van der Waals surface area contributed by atoms with Crippen LogP contribution in [0.25, 0.3) is 5.69 Å². The third kappa shape index (κ3) is 3.72. The van der Waals surface area contributed by atoms with Gasteiger partial charge in [0.1, 0.15) is 5.82 Å². The van der Waals surface area contributed by atoms with E-state index in [1.807, 2.05) is 23.4 Å². The Labute approximate surface area is 158 Å². The molecule has 1 aromatic carbocycles. The molecule has 3 aromatic rings. The van der Waals surface area contributed by atoms with Crippen molar-refractivity contribution in [3.8, 4) is 5.69 Å². The zero-order valence-corrected chi connectivity index (χ0v) is 15.6. The van der Waals surface area contributed by atoms with Crippen molar-refractivity contribution >= 4 is 11.7 Å². The number of piperidine rings is 1. The normalized spacial score (nSPS) is 15.1. The van der Waals surface area contributed by atoms with Crippen LogP contribution in [-0.4, -0.2) is 43.8 Å². The van der Waals surface area contributed by atoms with E-state index in [4.69, 9.17) is 0 Å². The number of urea groups is 1. The maximum atomic E-state index is 12.6. The Hall–Kier alpha value is -3.09. The summed E-state index contributed by atoms with van der Waals surface area (Å²) in [5.74, 6) is 1.42. The number of aromatic amines is 1. The monoisotopic (exact) mass is 364 g/mol. The maximum Gasteiger partial charge on any atom is 0.321 e. The summed E-state index contributed by atoms with van der Waals surface area (Å²) in [7, 11) is 0. The van der Waals surface area contributed by atoms with Gasteiger partial charge in [-0.25, -0.2) is 14.5 Å². The first-order valence-corrected chi connectivity index (χ1v) is 9.27. The number of rotatable bonds is 3. The van der Waals surface area contributed by atoms with Gasteiger partial charge in [0.25, 0.3) is 0 Å². The van der Waals surface area contributed by atoms with E-state index in [0.29, 0.717) is 11.6 Å². The summed E-state index contributed by atoms with van der Waals surface area (Å²) in [5.41, 5.74) is 4.08. The fourth-order valence-electron chi connectivity index (χ4n) is 3.64. The van der Waals surface area contributed by atoms with Crippen molar-refractivity contribution < 1.29 is 4.79 Å². The lowest BCUT2D eigenvalue weighted by atomic mass is 9.96. The lowest BCUT2D eigenvalue weighted by Crippen LogP contribution is -2.40. The molecule has 0 aliphatic carbocycles. The minimum absolute atomic E-state index is 0.0759. The molecule has 3 heterocycles. The number of nitrogens with zero attached hydrogens (tertiary/aromatic N) is 4. The summed E-state index contributed by atoms with van der Waals surface area (Å²) in [6, 6.07) is 6.15. The average Bonchev–Trinajstić information content (AvgIpc) is 3.34. The van der Waals surface area contributed by atoms with Crippen molar-refractivity contribution in [3.05, 3.63) is 59.9 Å². The number of hydrogen-bond acceptors (Lipinski definition) is 3. The van der Waals surface area contributed by atoms with Gasteiger partial charge in [-0.1, -0.05) is 17.7 Å². The standard InChI is InChI=1S/C20H24N6O/c1-14-3-4-18(15(2)11-14)26-13-17(12-23-26)24-20(27)25-9-5-16(6-10-25)19-21-7-8-22-19/h3-4,7-8,11-13,16H,5-6,9-10H2,1-2H3,(H,21,22)(H,24,27). The summed E-state index contributed by atoms with van der Waals surface area (Å²) >= 11 is 0. The number of nitrogens with one attached hydrogen (secondary N) is 2. The molecule has 140 valence electrons. The first-order chi connectivity index (χ1) is 13.1. The van der Waals surface area contributed by atoms with E-state index in [1.165, 1.54) is 5.56 Å². The second kappa shape index (κ2) is 7.26. The molecule has 0 radical (unpaired) electrons. The topological polar surface area (TPSA) is 78.8 Å². The van der Waals surface area contributed by atoms with Crippen molar-refractivity contribution in [2.75, 3.05) is 18.4 Å². The molecular formula is C20H24N6O. The lowest BCUT2D eigenvalue weighted by molar-refractivity contribution is 0.193. The van der Waals surface area contributed by atoms with Crippen molar-refractivity contribution in [1.82, 2.24) is 24.6 Å². The summed E-state index contributed by atoms with van der Waals surface area (Å²) in [6.45, 7) is 5.58. The van der Waals surface area contributed by atoms with Crippen LogP contribution in [0.5, 0.6) is 0 Å². The molecule has 1 saturated heterocycles. The van der Waals surface area contributed by atoms with Crippen LogP contribution < -0.4 is 5.32 Å². The third-order valence-electron chi connectivity index (χ3n) is 5.12. The number of carbonyl (C=O) groups excluding carboxylic acids is 1. The number of likely N-dealkylation sites (tertiary alicyclic amines) is 1. The van der Waals surface area contributed by atoms with E-state index in [0.717, 1.165) is 43.0 Å². The van der Waals surface area contributed by atoms with E-state index >= 15 is 0 Å². The Bertz CT molecular complexity index is 922. The van der Waals surface area contributed by atoms with Gasteiger partial charge >= 0.3 is 6.03 Å². The predicted molar refractivity (Wildman–Crippen MR) is 104 cm³/mol. The van der Waals surface area contributed by atoms with E-state index < -0.39 is 0 Å². The molecule has 1 fully saturated rings. The molecule has 0 unspecified atom stereocenters. The van der Waals surface area contributed by atoms with Crippen LogP contribution in [0.1, 0.15) is 35.7 Å². The highest BCUT2D eigenvalue weighted by molar-refractivity contribution is 5.89. The minimum atomic E-state index is -0.0759. The van der Waals surface area contributed by atoms with Crippen molar-refractivity contribution in [1.29, 1.82) is 0 Å². The van der Waals surface area contributed by atoms with Crippen LogP contribution in [0.4, 0.5) is 10.5 Å². The second-order valence-electron chi connectivity index (χ2n) is 7.13. The second-order valence-corrected chi connectivity index (χ2v) is 7.13. The summed E-state index contributed by atoms with van der Waals surface area (Å²) in [6.07, 6.45) is 9.01. The molecule has 2 amide bonds. The molecule has 0 atom stereocenters. The zero-order chi connectivity index (χ0) is 18.8. The number of aromatic nitrogens is 4. The van der Waals surface area contributed by atoms with Crippen molar-refractivity contribution in [2.45, 2.75) is 32.6 Å². The average molecular weight is 364 g/mol. The molecule has 0 bridgehead atoms. The molecule has 2 aromatic heterocycles. The van der Waals surface area contributed by atoms with Gasteiger partial charge in [0.15, 0.2) is 0 Å². The van der Waals surface area contributed by atoms with Crippen LogP contribution in [0.3, 0.4) is 0 Å². The van der Waals surface area contributed by atoms with Crippen LogP contribution in [0, 0.1) is 13.8 Å². The van der Waals surface area contributed by atoms with Gasteiger partial charge in [-0.3, -0.25) is 0 Å². The highest BCUT2D eigenvalue weighted by Crippen LogP contribution is 2.25. The number of benzene rings is 1. The summed E-state index contributed by atoms with van der Waals surface area (Å²) in [4.78, 5) is 21.9. The Morgan fingerprint density at radius 1 is 1.26 bits per heavy atom. The Morgan fingerprint density at radius 3 is 2.78 bits per heavy atom. The molecule has 2 N–H and O–H groups in total. The zero-order valence-electron chi connectivity index (χ0n) is 15.6. The van der Waals surface area contributed by atoms with Gasteiger partial charge in [0.05, 0.1) is 23.8 Å². The fourth-order valence-corrected chi connectivity index (χ4v) is 3.64. The largest absolute Gasteiger partial charge is 0.348 e. The van der Waals surface area contributed by atoms with Gasteiger partial charge in [-0.05, 0) is 38.3 Å². The quantitative estimate of drug-likeness (QED) is 0.745. The van der Waals surface area contributed by atoms with Crippen LogP contribution in [0.15, 0.2) is 43.0 Å². The van der Waals surface area contributed by atoms with Gasteiger partial charge in [0.2, 0.25) is 0 Å². The smallest absolute Gasteiger partial charge is 0.321 e. The number of aryl methyl sites for hydroxylation is 2. The Kier molecular flexibility index (Phi) is 4.66. The van der Waals surface area contributed by atoms with Crippen molar-refractivity contribution in [3.63, 3.8) is 0 Å². The van der Waals surface area contributed by atoms with E-state index in [9.17, 15) is 4.79 Å². The maximum absolute atomic E-state index is 12.6. The number of anilines is 1. The van der Waals surface area contributed by atoms with Crippen LogP contribution in [0.2, 0.25) is 0 Å². The van der Waals surface area contributed by atoms with Crippen molar-refractivity contribution in [2.24, 2.45) is 0 Å². The van der Waals surface area contributed by atoms with Gasteiger partial charge < -0.3 is 15.2 Å². The molecule has 4 rings (SSSR count). The van der Waals surface area contributed by atoms with Gasteiger partial charge in [-0.2, -0.15) is 5.10 Å². The third-order valence-corrected chi connectivity index (χ3v) is 5.12. The molecule has 7 nitrogen and oxygen atoms in total. The first kappa shape index (κ1) is 17.3. The molecule has 0 spiro atoms. The highest BCUT2D eigenvalue weighted by atomic mass is 16.2. The predicted octanol–water partition coefficient (Wildman–Crippen LogP) is 3.62. The molecule has 7 heteroatoms. The number of amides is 2. The van der Waals surface area contributed by atoms with E-state index in [-0.39, 0.29) is 6.03 Å². The number of hydrogen-bond donors (Lipinski definition) is 2. The van der Waals surface area contributed by atoms with Gasteiger partial charge in [0, 0.05) is 31.4 Å². The lowest BCUT2D eigenvalue weighted by Gasteiger charge is -2.31. The first-order valence-electron chi connectivity index (χ1n) is 9.27.